The predicted octanol–water partition coefficient (Wildman–Crippen LogP) is 2.79. The monoisotopic (exact) mass is 966 g/mol. The summed E-state index contributed by atoms with van der Waals surface area (Å²) in [4.78, 5) is 108. The van der Waals surface area contributed by atoms with Gasteiger partial charge >= 0.3 is 12.1 Å². The number of hydrogen-bond acceptors (Lipinski definition) is 12. The van der Waals surface area contributed by atoms with Gasteiger partial charge in [0.1, 0.15) is 30.6 Å². The van der Waals surface area contributed by atoms with Gasteiger partial charge in [0.15, 0.2) is 5.60 Å². The number of aromatic nitrogens is 2. The first-order valence-electron chi connectivity index (χ1n) is 23.5. The maximum Gasteiger partial charge on any atom is 0.408 e. The summed E-state index contributed by atoms with van der Waals surface area (Å²) in [6.45, 7) is 7.20. The van der Waals surface area contributed by atoms with Crippen LogP contribution >= 0.6 is 0 Å². The lowest BCUT2D eigenvalue weighted by Crippen LogP contribution is -2.52. The third-order valence-electron chi connectivity index (χ3n) is 12.7. The molecule has 0 spiro atoms. The zero-order valence-corrected chi connectivity index (χ0v) is 39.9. The molecule has 2 aromatic heterocycles. The Hall–Kier alpha value is -7.22. The highest BCUT2D eigenvalue weighted by Gasteiger charge is 2.46. The van der Waals surface area contributed by atoms with E-state index in [2.05, 4.69) is 31.9 Å². The Bertz CT molecular complexity index is 2810. The Labute approximate surface area is 403 Å². The van der Waals surface area contributed by atoms with E-state index >= 15 is 4.39 Å². The second-order valence-corrected chi connectivity index (χ2v) is 18.8. The SMILES string of the molecule is CC[C@@]1(O)C(=O)OCc2c1cc1n(c2=O)Cc2c-1nc1cc(F)c(C)c3c1c2[C@@H](NC(=O)CCCCCNC(=O)CNC(=O)C(Cc1ccccc1)NC(=O)CNC(=O)CNC(=O)OC(C)(C)C)CC3. The van der Waals surface area contributed by atoms with Gasteiger partial charge in [-0.3, -0.25) is 28.8 Å². The minimum atomic E-state index is -2.01. The molecular formula is C50H59FN8O11. The van der Waals surface area contributed by atoms with Crippen molar-refractivity contribution in [1.29, 1.82) is 0 Å². The molecule has 6 amide bonds. The van der Waals surface area contributed by atoms with E-state index in [0.717, 1.165) is 22.1 Å². The number of esters is 1. The summed E-state index contributed by atoms with van der Waals surface area (Å²) in [5, 5.41) is 27.9. The number of aryl methyl sites for hydroxylation is 1. The number of hydrogen-bond donors (Lipinski definition) is 7. The van der Waals surface area contributed by atoms with Crippen molar-refractivity contribution in [2.45, 2.75) is 122 Å². The van der Waals surface area contributed by atoms with E-state index in [1.807, 2.05) is 0 Å². The van der Waals surface area contributed by atoms with E-state index in [4.69, 9.17) is 14.5 Å². The molecule has 3 atom stereocenters. The maximum atomic E-state index is 15.3. The number of ether oxygens (including phenoxy) is 2. The molecule has 2 aliphatic heterocycles. The number of benzene rings is 2. The Morgan fingerprint density at radius 3 is 2.36 bits per heavy atom. The summed E-state index contributed by atoms with van der Waals surface area (Å²) in [6, 6.07) is 10.3. The summed E-state index contributed by atoms with van der Waals surface area (Å²) in [5.74, 6) is -3.87. The fourth-order valence-electron chi connectivity index (χ4n) is 9.15. The quantitative estimate of drug-likeness (QED) is 0.0494. The first-order valence-corrected chi connectivity index (χ1v) is 23.5. The number of alkyl carbamates (subject to hydrolysis) is 1. The Kier molecular flexibility index (Phi) is 15.3. The van der Waals surface area contributed by atoms with Crippen LogP contribution in [0.3, 0.4) is 0 Å². The number of nitrogens with zero attached hydrogens (tertiary/aromatic N) is 2. The normalized spacial score (nSPS) is 17.0. The number of carbonyl (C=O) groups excluding carboxylic acids is 7. The number of pyridine rings is 2. The lowest BCUT2D eigenvalue weighted by atomic mass is 9.81. The number of rotatable bonds is 18. The van der Waals surface area contributed by atoms with Crippen LogP contribution in [0.25, 0.3) is 22.3 Å². The Balaban J connectivity index is 0.898. The highest BCUT2D eigenvalue weighted by molar-refractivity contribution is 5.95. The lowest BCUT2D eigenvalue weighted by molar-refractivity contribution is -0.172. The molecule has 4 heterocycles. The van der Waals surface area contributed by atoms with E-state index in [1.54, 1.807) is 71.0 Å². The summed E-state index contributed by atoms with van der Waals surface area (Å²) < 4.78 is 27.2. The number of nitrogens with one attached hydrogen (secondary N) is 6. The van der Waals surface area contributed by atoms with Gasteiger partial charge in [-0.15, -0.1) is 0 Å². The van der Waals surface area contributed by atoms with Crippen LogP contribution < -0.4 is 37.5 Å². The second kappa shape index (κ2) is 21.2. The van der Waals surface area contributed by atoms with Crippen molar-refractivity contribution < 1.29 is 52.5 Å². The first kappa shape index (κ1) is 50.7. The molecule has 70 heavy (non-hydrogen) atoms. The third kappa shape index (κ3) is 11.3. The molecule has 2 aromatic carbocycles. The van der Waals surface area contributed by atoms with Crippen LogP contribution in [0.4, 0.5) is 9.18 Å². The smallest absolute Gasteiger partial charge is 0.408 e. The Morgan fingerprint density at radius 2 is 1.63 bits per heavy atom. The highest BCUT2D eigenvalue weighted by atomic mass is 19.1. The molecule has 20 heteroatoms. The number of carbonyl (C=O) groups is 7. The maximum absolute atomic E-state index is 15.3. The van der Waals surface area contributed by atoms with Gasteiger partial charge in [-0.1, -0.05) is 43.7 Å². The van der Waals surface area contributed by atoms with E-state index in [0.29, 0.717) is 60.1 Å². The molecular weight excluding hydrogens is 908 g/mol. The fraction of sp³-hybridized carbons (Fsp3) is 0.460. The number of aliphatic hydroxyl groups is 1. The van der Waals surface area contributed by atoms with Gasteiger partial charge in [-0.05, 0) is 88.1 Å². The molecule has 3 aliphatic rings. The van der Waals surface area contributed by atoms with Crippen LogP contribution in [0, 0.1) is 12.7 Å². The van der Waals surface area contributed by atoms with Gasteiger partial charge < -0.3 is 51.0 Å². The van der Waals surface area contributed by atoms with Gasteiger partial charge in [0, 0.05) is 42.0 Å². The van der Waals surface area contributed by atoms with Gasteiger partial charge in [0.05, 0.1) is 48.1 Å². The van der Waals surface area contributed by atoms with Crippen molar-refractivity contribution in [1.82, 2.24) is 41.5 Å². The molecule has 1 unspecified atom stereocenters. The molecule has 7 rings (SSSR count). The van der Waals surface area contributed by atoms with Crippen LogP contribution in [0.2, 0.25) is 0 Å². The predicted molar refractivity (Wildman–Crippen MR) is 252 cm³/mol. The molecule has 19 nitrogen and oxygen atoms in total. The summed E-state index contributed by atoms with van der Waals surface area (Å²) in [6.07, 6.45) is 2.08. The number of unbranched alkanes of at least 4 members (excludes halogenated alkanes) is 2. The first-order chi connectivity index (χ1) is 33.3. The lowest BCUT2D eigenvalue weighted by Gasteiger charge is -2.31. The molecule has 0 bridgehead atoms. The second-order valence-electron chi connectivity index (χ2n) is 18.8. The average molecular weight is 967 g/mol. The van der Waals surface area contributed by atoms with Crippen molar-refractivity contribution in [2.75, 3.05) is 26.2 Å². The highest BCUT2D eigenvalue weighted by Crippen LogP contribution is 2.46. The third-order valence-corrected chi connectivity index (χ3v) is 12.7. The number of amides is 6. The van der Waals surface area contributed by atoms with Crippen LogP contribution in [0.1, 0.15) is 111 Å². The molecule has 7 N–H and O–H groups in total. The van der Waals surface area contributed by atoms with E-state index < -0.39 is 83.4 Å². The minimum Gasteiger partial charge on any atom is -0.458 e. The molecule has 1 aliphatic carbocycles. The van der Waals surface area contributed by atoms with Gasteiger partial charge in [-0.25, -0.2) is 19.0 Å². The zero-order chi connectivity index (χ0) is 50.5. The fourth-order valence-corrected chi connectivity index (χ4v) is 9.15. The van der Waals surface area contributed by atoms with Crippen LogP contribution in [0.5, 0.6) is 0 Å². The van der Waals surface area contributed by atoms with Crippen molar-refractivity contribution in [3.05, 3.63) is 97.6 Å². The average Bonchev–Trinajstić information content (AvgIpc) is 3.69. The molecule has 0 saturated heterocycles. The summed E-state index contributed by atoms with van der Waals surface area (Å²) >= 11 is 0. The van der Waals surface area contributed by atoms with E-state index in [1.165, 1.54) is 10.6 Å². The topological polar surface area (TPSA) is 265 Å². The minimum absolute atomic E-state index is 0.0186. The number of cyclic esters (lactones) is 1. The van der Waals surface area contributed by atoms with Crippen molar-refractivity contribution in [2.24, 2.45) is 0 Å². The van der Waals surface area contributed by atoms with Gasteiger partial charge in [0.25, 0.3) is 5.56 Å². The van der Waals surface area contributed by atoms with Crippen molar-refractivity contribution >= 4 is 52.5 Å². The van der Waals surface area contributed by atoms with Gasteiger partial charge in [0.2, 0.25) is 29.5 Å². The van der Waals surface area contributed by atoms with E-state index in [-0.39, 0.29) is 62.5 Å². The molecule has 0 radical (unpaired) electrons. The van der Waals surface area contributed by atoms with Crippen molar-refractivity contribution in [3.8, 4) is 11.4 Å². The van der Waals surface area contributed by atoms with Crippen molar-refractivity contribution in [3.63, 3.8) is 0 Å². The number of fused-ring (bicyclic) bond motifs is 5. The zero-order valence-electron chi connectivity index (χ0n) is 39.9. The van der Waals surface area contributed by atoms with Crippen LogP contribution in [-0.2, 0) is 69.8 Å². The summed E-state index contributed by atoms with van der Waals surface area (Å²) in [7, 11) is 0. The molecule has 0 fully saturated rings. The van der Waals surface area contributed by atoms with Crippen LogP contribution in [0.15, 0.2) is 47.3 Å². The molecule has 0 saturated carbocycles. The van der Waals surface area contributed by atoms with Gasteiger partial charge in [-0.2, -0.15) is 0 Å². The Morgan fingerprint density at radius 1 is 0.914 bits per heavy atom. The standard InChI is InChI=1S/C50H59FN8O11/c1-6-50(68)32-20-37-44-30(25-59(37)46(65)31(32)26-69-47(50)66)43-34(17-16-29-27(2)33(51)21-35(58-44)42(29)43)56-38(60)15-11-8-12-18-52-39(61)22-54-45(64)36(19-28-13-9-7-10-14-28)57-41(63)24-53-40(62)23-55-48(67)70-49(3,4)5/h7,9-10,13-14,20-21,34,36,68H,6,8,11-12,15-19,22-26H2,1-5H3,(H,52,61)(H,53,62)(H,54,64)(H,55,67)(H,56,60)(H,57,63)/t34-,36?,50-/m0/s1. The molecule has 4 aromatic rings. The largest absolute Gasteiger partial charge is 0.458 e. The van der Waals surface area contributed by atoms with E-state index in [9.17, 15) is 43.5 Å². The van der Waals surface area contributed by atoms with Crippen LogP contribution in [-0.4, -0.2) is 94.1 Å². The number of halogens is 1. The molecule has 372 valence electrons. The summed E-state index contributed by atoms with van der Waals surface area (Å²) in [5.41, 5.74) is 1.81.